The van der Waals surface area contributed by atoms with E-state index in [0.717, 1.165) is 11.3 Å². The Labute approximate surface area is 209 Å². The zero-order valence-corrected chi connectivity index (χ0v) is 20.5. The van der Waals surface area contributed by atoms with Gasteiger partial charge in [-0.2, -0.15) is 0 Å². The van der Waals surface area contributed by atoms with Gasteiger partial charge in [0.2, 0.25) is 11.8 Å². The fraction of sp³-hybridized carbons (Fsp3) is 0.222. The quantitative estimate of drug-likeness (QED) is 0.467. The molecular formula is C27H27N3O4S. The summed E-state index contributed by atoms with van der Waals surface area (Å²) in [6, 6.07) is 24.3. The molecule has 0 unspecified atom stereocenters. The predicted octanol–water partition coefficient (Wildman–Crippen LogP) is 5.25. The van der Waals surface area contributed by atoms with Gasteiger partial charge in [0.15, 0.2) is 5.17 Å². The number of amides is 2. The minimum Gasteiger partial charge on any atom is -0.495 e. The lowest BCUT2D eigenvalue weighted by atomic mass is 10.2. The maximum Gasteiger partial charge on any atom is 0.238 e. The monoisotopic (exact) mass is 489 g/mol. The average Bonchev–Trinajstić information content (AvgIpc) is 2.88. The molecule has 0 radical (unpaired) electrons. The molecule has 0 bridgehead atoms. The number of anilines is 1. The van der Waals surface area contributed by atoms with E-state index >= 15 is 0 Å². The smallest absolute Gasteiger partial charge is 0.238 e. The lowest BCUT2D eigenvalue weighted by Gasteiger charge is -2.32. The highest BCUT2D eigenvalue weighted by molar-refractivity contribution is 8.15. The highest BCUT2D eigenvalue weighted by Gasteiger charge is 2.36. The zero-order chi connectivity index (χ0) is 24.6. The molecule has 3 aromatic rings. The number of hydrogen-bond acceptors (Lipinski definition) is 6. The van der Waals surface area contributed by atoms with Crippen LogP contribution < -0.4 is 14.8 Å². The minimum absolute atomic E-state index is 0.0702. The zero-order valence-electron chi connectivity index (χ0n) is 19.6. The Hall–Kier alpha value is -3.78. The van der Waals surface area contributed by atoms with Gasteiger partial charge in [0, 0.05) is 6.42 Å². The summed E-state index contributed by atoms with van der Waals surface area (Å²) >= 11 is 1.28. The van der Waals surface area contributed by atoms with Gasteiger partial charge >= 0.3 is 0 Å². The second-order valence-corrected chi connectivity index (χ2v) is 8.96. The second-order valence-electron chi connectivity index (χ2n) is 7.79. The first kappa shape index (κ1) is 24.3. The van der Waals surface area contributed by atoms with Gasteiger partial charge in [-0.15, -0.1) is 0 Å². The summed E-state index contributed by atoms with van der Waals surface area (Å²) < 4.78 is 10.8. The van der Waals surface area contributed by atoms with Gasteiger partial charge in [-0.05, 0) is 48.9 Å². The molecular weight excluding hydrogens is 462 g/mol. The van der Waals surface area contributed by atoms with Crippen molar-refractivity contribution < 1.29 is 19.1 Å². The number of thioether (sulfide) groups is 1. The van der Waals surface area contributed by atoms with Crippen LogP contribution in [0.4, 0.5) is 11.4 Å². The Morgan fingerprint density at radius 2 is 1.77 bits per heavy atom. The van der Waals surface area contributed by atoms with Crippen molar-refractivity contribution in [1.29, 1.82) is 0 Å². The first-order valence-electron chi connectivity index (χ1n) is 11.3. The number of para-hydroxylation sites is 2. The van der Waals surface area contributed by atoms with Crippen LogP contribution in [0, 0.1) is 0 Å². The number of nitrogens with one attached hydrogen (secondary N) is 1. The maximum atomic E-state index is 13.2. The van der Waals surface area contributed by atoms with Crippen LogP contribution in [-0.4, -0.2) is 40.8 Å². The number of nitrogens with zero attached hydrogens (tertiary/aromatic N) is 2. The van der Waals surface area contributed by atoms with E-state index in [4.69, 9.17) is 14.5 Å². The van der Waals surface area contributed by atoms with Crippen molar-refractivity contribution in [2.45, 2.75) is 25.1 Å². The van der Waals surface area contributed by atoms with Crippen LogP contribution in [0.2, 0.25) is 0 Å². The molecule has 7 nitrogen and oxygen atoms in total. The van der Waals surface area contributed by atoms with Crippen molar-refractivity contribution in [3.05, 3.63) is 84.4 Å². The topological polar surface area (TPSA) is 80.2 Å². The van der Waals surface area contributed by atoms with Crippen LogP contribution in [0.3, 0.4) is 0 Å². The Morgan fingerprint density at radius 1 is 1.06 bits per heavy atom. The maximum absolute atomic E-state index is 13.2. The summed E-state index contributed by atoms with van der Waals surface area (Å²) in [5.41, 5.74) is 2.22. The molecule has 0 saturated carbocycles. The fourth-order valence-corrected chi connectivity index (χ4v) is 4.72. The van der Waals surface area contributed by atoms with Crippen molar-refractivity contribution in [3.8, 4) is 11.5 Å². The molecule has 3 aromatic carbocycles. The average molecular weight is 490 g/mol. The van der Waals surface area contributed by atoms with Crippen LogP contribution in [0.15, 0.2) is 83.9 Å². The van der Waals surface area contributed by atoms with Crippen molar-refractivity contribution in [2.24, 2.45) is 4.99 Å². The third-order valence-corrected chi connectivity index (χ3v) is 6.54. The van der Waals surface area contributed by atoms with Gasteiger partial charge < -0.3 is 14.8 Å². The number of methoxy groups -OCH3 is 1. The third kappa shape index (κ3) is 6.22. The number of benzene rings is 3. The standard InChI is InChI=1S/C27H27N3O4S/c1-3-34-21-15-13-20(14-16-21)28-27-30(18-19-9-5-4-6-10-19)25(31)17-24(35-27)26(32)29-22-11-7-8-12-23(22)33-2/h4-16,24H,3,17-18H2,1-2H3,(H,29,32)/t24-/m1/s1. The molecule has 8 heteroatoms. The van der Waals surface area contributed by atoms with E-state index in [2.05, 4.69) is 5.32 Å². The SMILES string of the molecule is CCOc1ccc(N=C2S[C@@H](C(=O)Nc3ccccc3OC)CC(=O)N2Cc2ccccc2)cc1. The molecule has 1 heterocycles. The summed E-state index contributed by atoms with van der Waals surface area (Å²) in [5, 5.41) is 2.75. The van der Waals surface area contributed by atoms with Gasteiger partial charge in [-0.3, -0.25) is 14.5 Å². The molecule has 35 heavy (non-hydrogen) atoms. The fourth-order valence-electron chi connectivity index (χ4n) is 3.62. The Bertz CT molecular complexity index is 1200. The second kappa shape index (κ2) is 11.6. The van der Waals surface area contributed by atoms with Crippen molar-refractivity contribution >= 4 is 40.1 Å². The summed E-state index contributed by atoms with van der Waals surface area (Å²) in [7, 11) is 1.55. The van der Waals surface area contributed by atoms with Gasteiger partial charge in [-0.25, -0.2) is 4.99 Å². The molecule has 1 atom stereocenters. The summed E-state index contributed by atoms with van der Waals surface area (Å²) in [6.45, 7) is 2.88. The van der Waals surface area contributed by atoms with E-state index in [1.54, 1.807) is 24.1 Å². The molecule has 0 aliphatic carbocycles. The van der Waals surface area contributed by atoms with E-state index in [0.29, 0.717) is 35.4 Å². The van der Waals surface area contributed by atoms with Crippen molar-refractivity contribution in [2.75, 3.05) is 19.0 Å². The predicted molar refractivity (Wildman–Crippen MR) is 139 cm³/mol. The molecule has 1 aliphatic heterocycles. The Morgan fingerprint density at radius 3 is 2.49 bits per heavy atom. The van der Waals surface area contributed by atoms with Crippen LogP contribution in [-0.2, 0) is 16.1 Å². The minimum atomic E-state index is -0.624. The number of rotatable bonds is 8. The molecule has 1 aliphatic rings. The molecule has 0 aromatic heterocycles. The molecule has 1 fully saturated rings. The third-order valence-electron chi connectivity index (χ3n) is 5.35. The number of amidine groups is 1. The highest BCUT2D eigenvalue weighted by atomic mass is 32.2. The summed E-state index contributed by atoms with van der Waals surface area (Å²) in [5.74, 6) is 0.880. The first-order chi connectivity index (χ1) is 17.1. The number of carbonyl (C=O) groups excluding carboxylic acids is 2. The van der Waals surface area contributed by atoms with Crippen molar-refractivity contribution in [3.63, 3.8) is 0 Å². The Kier molecular flexibility index (Phi) is 8.05. The summed E-state index contributed by atoms with van der Waals surface area (Å²) in [4.78, 5) is 32.8. The van der Waals surface area contributed by atoms with Gasteiger partial charge in [0.25, 0.3) is 0 Å². The lowest BCUT2D eigenvalue weighted by molar-refractivity contribution is -0.129. The van der Waals surface area contributed by atoms with Gasteiger partial charge in [-0.1, -0.05) is 54.2 Å². The highest BCUT2D eigenvalue weighted by Crippen LogP contribution is 2.32. The molecule has 1 N–H and O–H groups in total. The van der Waals surface area contributed by atoms with E-state index in [1.807, 2.05) is 73.7 Å². The molecule has 2 amide bonds. The normalized spacial score (nSPS) is 16.7. The van der Waals surface area contributed by atoms with Crippen LogP contribution in [0.5, 0.6) is 11.5 Å². The number of aliphatic imine (C=N–C) groups is 1. The molecule has 0 spiro atoms. The summed E-state index contributed by atoms with van der Waals surface area (Å²) in [6.07, 6.45) is 0.0702. The molecule has 4 rings (SSSR count). The Balaban J connectivity index is 1.59. The van der Waals surface area contributed by atoms with Crippen LogP contribution in [0.25, 0.3) is 0 Å². The van der Waals surface area contributed by atoms with Crippen LogP contribution in [0.1, 0.15) is 18.9 Å². The van der Waals surface area contributed by atoms with E-state index in [-0.39, 0.29) is 18.2 Å². The molecule has 180 valence electrons. The van der Waals surface area contributed by atoms with E-state index < -0.39 is 5.25 Å². The van der Waals surface area contributed by atoms with Crippen LogP contribution >= 0.6 is 11.8 Å². The number of hydrogen-bond donors (Lipinski definition) is 1. The van der Waals surface area contributed by atoms with Crippen molar-refractivity contribution in [1.82, 2.24) is 4.90 Å². The number of ether oxygens (including phenoxy) is 2. The van der Waals surface area contributed by atoms with Gasteiger partial charge in [0.1, 0.15) is 16.7 Å². The lowest BCUT2D eigenvalue weighted by Crippen LogP contribution is -2.44. The first-order valence-corrected chi connectivity index (χ1v) is 12.2. The largest absolute Gasteiger partial charge is 0.495 e. The van der Waals surface area contributed by atoms with Gasteiger partial charge in [0.05, 0.1) is 31.6 Å². The number of carbonyl (C=O) groups is 2. The molecule has 1 saturated heterocycles. The van der Waals surface area contributed by atoms with E-state index in [9.17, 15) is 9.59 Å². The van der Waals surface area contributed by atoms with E-state index in [1.165, 1.54) is 11.8 Å².